The summed E-state index contributed by atoms with van der Waals surface area (Å²) in [5, 5.41) is 0.202. The lowest BCUT2D eigenvalue weighted by atomic mass is 10.2. The van der Waals surface area contributed by atoms with Gasteiger partial charge in [0.25, 0.3) is 0 Å². The van der Waals surface area contributed by atoms with Gasteiger partial charge in [-0.1, -0.05) is 80.6 Å². The molecule has 1 nitrogen and oxygen atoms in total. The summed E-state index contributed by atoms with van der Waals surface area (Å²) in [4.78, 5) is 1.25. The molecule has 2 rings (SSSR count). The van der Waals surface area contributed by atoms with Crippen molar-refractivity contribution in [2.24, 2.45) is 0 Å². The van der Waals surface area contributed by atoms with Crippen LogP contribution in [-0.4, -0.2) is 8.32 Å². The molecule has 0 N–H and O–H groups in total. The number of aryl methyl sites for hydroxylation is 1. The van der Waals surface area contributed by atoms with Crippen molar-refractivity contribution in [1.29, 1.82) is 0 Å². The van der Waals surface area contributed by atoms with Crippen molar-refractivity contribution in [3.05, 3.63) is 65.7 Å². The average Bonchev–Trinajstić information content (AvgIpc) is 2.48. The van der Waals surface area contributed by atoms with Crippen LogP contribution in [0, 0.1) is 6.92 Å². The van der Waals surface area contributed by atoms with Gasteiger partial charge in [0.05, 0.1) is 0 Å². The molecule has 0 spiro atoms. The quantitative estimate of drug-likeness (QED) is 0.335. The molecule has 2 aromatic carbocycles. The molecule has 0 aliphatic rings. The van der Waals surface area contributed by atoms with E-state index in [2.05, 4.69) is 95.4 Å². The zero-order valence-corrected chi connectivity index (χ0v) is 16.9. The molecule has 0 fully saturated rings. The maximum absolute atomic E-state index is 6.72. The maximum atomic E-state index is 6.72. The number of rotatable bonds is 5. The first-order valence-electron chi connectivity index (χ1n) is 8.15. The van der Waals surface area contributed by atoms with Crippen LogP contribution in [0.2, 0.25) is 18.1 Å². The van der Waals surface area contributed by atoms with Crippen LogP contribution in [0.5, 0.6) is 0 Å². The molecular formula is C20H28OSSi. The van der Waals surface area contributed by atoms with Crippen molar-refractivity contribution >= 4 is 20.1 Å². The van der Waals surface area contributed by atoms with Crippen LogP contribution in [0.3, 0.4) is 0 Å². The van der Waals surface area contributed by atoms with E-state index in [1.54, 1.807) is 11.8 Å². The summed E-state index contributed by atoms with van der Waals surface area (Å²) >= 11 is 1.81. The van der Waals surface area contributed by atoms with Gasteiger partial charge in [-0.2, -0.15) is 0 Å². The monoisotopic (exact) mass is 344 g/mol. The second-order valence-electron chi connectivity index (χ2n) is 7.55. The zero-order chi connectivity index (χ0) is 17.1. The third-order valence-corrected chi connectivity index (χ3v) is 10.3. The lowest BCUT2D eigenvalue weighted by Gasteiger charge is -2.39. The molecule has 0 radical (unpaired) electrons. The molecule has 0 aliphatic carbocycles. The molecule has 0 aromatic heterocycles. The smallest absolute Gasteiger partial charge is 0.194 e. The zero-order valence-electron chi connectivity index (χ0n) is 15.1. The highest BCUT2D eigenvalue weighted by Gasteiger charge is 2.39. The summed E-state index contributed by atoms with van der Waals surface area (Å²) in [5.74, 6) is 0. The Morgan fingerprint density at radius 1 is 0.913 bits per heavy atom. The minimum Gasteiger partial charge on any atom is -0.401 e. The fraction of sp³-hybridized carbons (Fsp3) is 0.400. The Morgan fingerprint density at radius 3 is 2.00 bits per heavy atom. The van der Waals surface area contributed by atoms with Gasteiger partial charge in [0.15, 0.2) is 8.32 Å². The Labute approximate surface area is 146 Å². The first-order valence-corrected chi connectivity index (χ1v) is 11.9. The Balaban J connectivity index is 2.27. The van der Waals surface area contributed by atoms with Gasteiger partial charge in [-0.3, -0.25) is 0 Å². The van der Waals surface area contributed by atoms with Crippen molar-refractivity contribution in [2.45, 2.75) is 56.2 Å². The van der Waals surface area contributed by atoms with Crippen molar-refractivity contribution in [1.82, 2.24) is 0 Å². The fourth-order valence-corrected chi connectivity index (χ4v) is 4.73. The van der Waals surface area contributed by atoms with Gasteiger partial charge in [0, 0.05) is 4.90 Å². The van der Waals surface area contributed by atoms with Gasteiger partial charge in [0.2, 0.25) is 0 Å². The van der Waals surface area contributed by atoms with Gasteiger partial charge in [0.1, 0.15) is 5.44 Å². The molecule has 0 saturated carbocycles. The van der Waals surface area contributed by atoms with Crippen LogP contribution >= 0.6 is 11.8 Å². The third kappa shape index (κ3) is 4.97. The van der Waals surface area contributed by atoms with Gasteiger partial charge < -0.3 is 4.43 Å². The van der Waals surface area contributed by atoms with Crippen LogP contribution in [-0.2, 0) is 4.43 Å². The molecule has 0 saturated heterocycles. The summed E-state index contributed by atoms with van der Waals surface area (Å²) in [6, 6.07) is 19.3. The van der Waals surface area contributed by atoms with Crippen molar-refractivity contribution in [3.8, 4) is 0 Å². The summed E-state index contributed by atoms with van der Waals surface area (Å²) in [5.41, 5.74) is 2.57. The van der Waals surface area contributed by atoms with E-state index < -0.39 is 8.32 Å². The minimum absolute atomic E-state index is 0.0415. The first kappa shape index (κ1) is 18.3. The Hall–Kier alpha value is -1.03. The van der Waals surface area contributed by atoms with Crippen LogP contribution in [0.4, 0.5) is 0 Å². The largest absolute Gasteiger partial charge is 0.401 e. The fourth-order valence-electron chi connectivity index (χ4n) is 1.96. The van der Waals surface area contributed by atoms with Crippen molar-refractivity contribution < 1.29 is 4.43 Å². The van der Waals surface area contributed by atoms with E-state index in [0.29, 0.717) is 0 Å². The molecule has 0 aliphatic heterocycles. The van der Waals surface area contributed by atoms with E-state index in [1.807, 2.05) is 0 Å². The standard InChI is InChI=1S/C20H28OSSi/c1-16-12-14-18(15-13-16)22-19(17-10-8-7-9-11-17)21-23(5,6)20(2,3)4/h7-15,19H,1-6H3/t19-/m1/s1. The third-order valence-electron chi connectivity index (χ3n) is 4.54. The second kappa shape index (κ2) is 7.25. The number of thioether (sulfide) groups is 1. The molecule has 0 unspecified atom stereocenters. The normalized spacial score (nSPS) is 13.8. The van der Waals surface area contributed by atoms with E-state index >= 15 is 0 Å². The first-order chi connectivity index (χ1) is 10.7. The van der Waals surface area contributed by atoms with Gasteiger partial charge >= 0.3 is 0 Å². The van der Waals surface area contributed by atoms with E-state index in [-0.39, 0.29) is 10.5 Å². The highest BCUT2D eigenvalue weighted by Crippen LogP contribution is 2.44. The lowest BCUT2D eigenvalue weighted by Crippen LogP contribution is -2.41. The SMILES string of the molecule is Cc1ccc(S[C@@H](O[Si](C)(C)C(C)(C)C)c2ccccc2)cc1. The Morgan fingerprint density at radius 2 is 1.48 bits per heavy atom. The minimum atomic E-state index is -1.84. The molecule has 124 valence electrons. The van der Waals surface area contributed by atoms with Crippen molar-refractivity contribution in [2.75, 3.05) is 0 Å². The topological polar surface area (TPSA) is 9.23 Å². The van der Waals surface area contributed by atoms with Crippen molar-refractivity contribution in [3.63, 3.8) is 0 Å². The Kier molecular flexibility index (Phi) is 5.77. The van der Waals surface area contributed by atoms with Crippen LogP contribution in [0.25, 0.3) is 0 Å². The highest BCUT2D eigenvalue weighted by atomic mass is 32.2. The van der Waals surface area contributed by atoms with Crippen LogP contribution in [0.1, 0.15) is 37.3 Å². The van der Waals surface area contributed by atoms with E-state index in [4.69, 9.17) is 4.43 Å². The molecule has 1 atom stereocenters. The molecule has 3 heteroatoms. The summed E-state index contributed by atoms with van der Waals surface area (Å²) in [6.07, 6.45) is 0. The molecule has 0 heterocycles. The van der Waals surface area contributed by atoms with Gasteiger partial charge in [-0.15, -0.1) is 0 Å². The maximum Gasteiger partial charge on any atom is 0.194 e. The number of hydrogen-bond acceptors (Lipinski definition) is 2. The molecule has 2 aromatic rings. The Bertz CT molecular complexity index is 614. The number of benzene rings is 2. The average molecular weight is 345 g/mol. The van der Waals surface area contributed by atoms with Gasteiger partial charge in [-0.25, -0.2) is 0 Å². The number of hydrogen-bond donors (Lipinski definition) is 0. The highest BCUT2D eigenvalue weighted by molar-refractivity contribution is 7.99. The molecule has 0 bridgehead atoms. The molecule has 0 amide bonds. The predicted octanol–water partition coefficient (Wildman–Crippen LogP) is 6.81. The van der Waals surface area contributed by atoms with E-state index in [9.17, 15) is 0 Å². The molecule has 23 heavy (non-hydrogen) atoms. The van der Waals surface area contributed by atoms with Crippen LogP contribution in [0.15, 0.2) is 59.5 Å². The summed E-state index contributed by atoms with van der Waals surface area (Å²) in [7, 11) is -1.84. The molecular weight excluding hydrogens is 316 g/mol. The second-order valence-corrected chi connectivity index (χ2v) is 13.4. The summed E-state index contributed by atoms with van der Waals surface area (Å²) in [6.45, 7) is 13.6. The lowest BCUT2D eigenvalue weighted by molar-refractivity contribution is 0.266. The van der Waals surface area contributed by atoms with Crippen LogP contribution < -0.4 is 0 Å². The van der Waals surface area contributed by atoms with E-state index in [0.717, 1.165) is 0 Å². The summed E-state index contributed by atoms with van der Waals surface area (Å²) < 4.78 is 6.72. The van der Waals surface area contributed by atoms with Gasteiger partial charge in [-0.05, 0) is 42.8 Å². The predicted molar refractivity (Wildman–Crippen MR) is 105 cm³/mol. The van der Waals surface area contributed by atoms with E-state index in [1.165, 1.54) is 16.0 Å².